The van der Waals surface area contributed by atoms with Crippen LogP contribution in [0, 0.1) is 0 Å². The molecule has 7 nitrogen and oxygen atoms in total. The molecule has 11 heteroatoms. The highest BCUT2D eigenvalue weighted by Gasteiger charge is 2.66. The van der Waals surface area contributed by atoms with Crippen molar-refractivity contribution in [1.29, 1.82) is 0 Å². The Bertz CT molecular complexity index is 965. The van der Waals surface area contributed by atoms with E-state index in [4.69, 9.17) is 25.8 Å². The van der Waals surface area contributed by atoms with E-state index in [0.29, 0.717) is 13.1 Å². The van der Waals surface area contributed by atoms with Crippen LogP contribution in [0.25, 0.3) is 0 Å². The van der Waals surface area contributed by atoms with E-state index < -0.39 is 18.1 Å². The summed E-state index contributed by atoms with van der Waals surface area (Å²) in [5.74, 6) is -2.96. The van der Waals surface area contributed by atoms with Crippen LogP contribution in [0.4, 0.5) is 23.7 Å². The van der Waals surface area contributed by atoms with Crippen LogP contribution >= 0.6 is 11.6 Å². The lowest BCUT2D eigenvalue weighted by Gasteiger charge is -2.38. The van der Waals surface area contributed by atoms with Gasteiger partial charge in [-0.05, 0) is 36.4 Å². The lowest BCUT2D eigenvalue weighted by Crippen LogP contribution is -2.67. The molecule has 31 heavy (non-hydrogen) atoms. The van der Waals surface area contributed by atoms with Gasteiger partial charge >= 0.3 is 18.1 Å². The van der Waals surface area contributed by atoms with Gasteiger partial charge in [-0.25, -0.2) is 4.79 Å². The predicted molar refractivity (Wildman–Crippen MR) is 107 cm³/mol. The van der Waals surface area contributed by atoms with Crippen molar-refractivity contribution < 1.29 is 32.2 Å². The van der Waals surface area contributed by atoms with Crippen LogP contribution in [0.15, 0.2) is 42.5 Å². The van der Waals surface area contributed by atoms with Crippen LogP contribution in [0.3, 0.4) is 0 Å². The molecular formula is C20H19ClF3N3O4. The Morgan fingerprint density at radius 2 is 1.71 bits per heavy atom. The number of urea groups is 1. The number of methoxy groups -OCH3 is 1. The highest BCUT2D eigenvalue weighted by atomic mass is 35.5. The van der Waals surface area contributed by atoms with Gasteiger partial charge in [-0.15, -0.1) is 0 Å². The van der Waals surface area contributed by atoms with E-state index >= 15 is 0 Å². The number of fused-ring (bicyclic) bond motifs is 1. The van der Waals surface area contributed by atoms with Gasteiger partial charge < -0.3 is 24.0 Å². The molecule has 0 unspecified atom stereocenters. The van der Waals surface area contributed by atoms with Crippen LogP contribution in [0.5, 0.6) is 17.2 Å². The number of piperazine rings is 1. The molecule has 166 valence electrons. The van der Waals surface area contributed by atoms with Gasteiger partial charge in [-0.3, -0.25) is 5.32 Å². The maximum absolute atomic E-state index is 13.8. The number of anilines is 1. The van der Waals surface area contributed by atoms with Gasteiger partial charge in [0.15, 0.2) is 11.5 Å². The van der Waals surface area contributed by atoms with Gasteiger partial charge in [-0.1, -0.05) is 11.6 Å². The average molecular weight is 458 g/mol. The second-order valence-electron chi connectivity index (χ2n) is 7.01. The van der Waals surface area contributed by atoms with Crippen LogP contribution in [-0.4, -0.2) is 56.3 Å². The van der Waals surface area contributed by atoms with Crippen molar-refractivity contribution in [2.45, 2.75) is 12.1 Å². The highest BCUT2D eigenvalue weighted by molar-refractivity contribution is 6.30. The number of nitrogens with one attached hydrogen (secondary N) is 1. The molecule has 4 rings (SSSR count). The van der Waals surface area contributed by atoms with Gasteiger partial charge in [0.1, 0.15) is 5.75 Å². The Hall–Kier alpha value is -3.01. The third-order valence-corrected chi connectivity index (χ3v) is 5.30. The molecular weight excluding hydrogens is 439 g/mol. The minimum absolute atomic E-state index is 0.161. The minimum atomic E-state index is -5.03. The fourth-order valence-corrected chi connectivity index (χ4v) is 3.56. The largest absolute Gasteiger partial charge is 0.497 e. The summed E-state index contributed by atoms with van der Waals surface area (Å²) in [5.41, 5.74) is 0.933. The summed E-state index contributed by atoms with van der Waals surface area (Å²) in [6, 6.07) is 10.3. The molecule has 1 saturated heterocycles. The zero-order chi connectivity index (χ0) is 22.2. The van der Waals surface area contributed by atoms with Crippen molar-refractivity contribution in [3.63, 3.8) is 0 Å². The number of rotatable bonds is 3. The van der Waals surface area contributed by atoms with Crippen molar-refractivity contribution in [2.75, 3.05) is 38.2 Å². The van der Waals surface area contributed by atoms with Crippen LogP contribution < -0.4 is 24.4 Å². The first-order chi connectivity index (χ1) is 14.7. The first kappa shape index (κ1) is 21.2. The highest BCUT2D eigenvalue weighted by Crippen LogP contribution is 2.46. The quantitative estimate of drug-likeness (QED) is 0.758. The van der Waals surface area contributed by atoms with E-state index in [0.717, 1.165) is 11.4 Å². The summed E-state index contributed by atoms with van der Waals surface area (Å²) >= 11 is 5.82. The molecule has 2 aliphatic rings. The molecule has 1 N–H and O–H groups in total. The van der Waals surface area contributed by atoms with Crippen LogP contribution in [-0.2, 0) is 0 Å². The van der Waals surface area contributed by atoms with Crippen molar-refractivity contribution in [3.8, 4) is 17.2 Å². The zero-order valence-electron chi connectivity index (χ0n) is 16.4. The van der Waals surface area contributed by atoms with Crippen molar-refractivity contribution in [1.82, 2.24) is 10.2 Å². The van der Waals surface area contributed by atoms with Crippen molar-refractivity contribution >= 4 is 23.3 Å². The Balaban J connectivity index is 1.42. The number of nitrogens with zero attached hydrogens (tertiary/aromatic N) is 2. The van der Waals surface area contributed by atoms with E-state index in [1.807, 2.05) is 34.5 Å². The number of carbonyl (C=O) groups is 1. The molecule has 2 aromatic carbocycles. The molecule has 0 aliphatic carbocycles. The fraction of sp³-hybridized carbons (Fsp3) is 0.350. The standard InChI is InChI=1S/C20H19ClF3N3O4/c1-29-15-5-3-14(4-6-15)26-8-10-27(11-9-26)18(28)25-20(19(22,23)24)30-16-7-2-13(21)12-17(16)31-20/h2-7,12H,8-11H2,1H3,(H,25,28)/t20-/m1/s1. The lowest BCUT2D eigenvalue weighted by atomic mass is 10.2. The molecule has 0 spiro atoms. The minimum Gasteiger partial charge on any atom is -0.497 e. The molecule has 1 atom stereocenters. The Morgan fingerprint density at radius 3 is 2.32 bits per heavy atom. The molecule has 2 aromatic rings. The summed E-state index contributed by atoms with van der Waals surface area (Å²) in [6.45, 7) is 1.36. The summed E-state index contributed by atoms with van der Waals surface area (Å²) in [7, 11) is 1.57. The molecule has 0 saturated carbocycles. The van der Waals surface area contributed by atoms with E-state index in [2.05, 4.69) is 0 Å². The predicted octanol–water partition coefficient (Wildman–Crippen LogP) is 3.87. The fourth-order valence-electron chi connectivity index (χ4n) is 3.39. The number of hydrogen-bond acceptors (Lipinski definition) is 5. The number of carbonyl (C=O) groups excluding carboxylic acids is 1. The van der Waals surface area contributed by atoms with Crippen LogP contribution in [0.2, 0.25) is 5.02 Å². The smallest absolute Gasteiger partial charge is 0.492 e. The number of ether oxygens (including phenoxy) is 3. The van der Waals surface area contributed by atoms with Crippen molar-refractivity contribution in [2.24, 2.45) is 0 Å². The van der Waals surface area contributed by atoms with Crippen molar-refractivity contribution in [3.05, 3.63) is 47.5 Å². The molecule has 2 aliphatic heterocycles. The summed E-state index contributed by atoms with van der Waals surface area (Å²) in [4.78, 5) is 16.0. The molecule has 0 radical (unpaired) electrons. The molecule has 0 bridgehead atoms. The Labute approximate surface area is 181 Å². The maximum atomic E-state index is 13.8. The Kier molecular flexibility index (Phi) is 5.42. The number of amides is 2. The van der Waals surface area contributed by atoms with E-state index in [1.54, 1.807) is 7.11 Å². The molecule has 2 amide bonds. The second kappa shape index (κ2) is 7.92. The number of benzene rings is 2. The summed E-state index contributed by atoms with van der Waals surface area (Å²) in [6.07, 6.45) is -5.03. The lowest BCUT2D eigenvalue weighted by molar-refractivity contribution is -0.318. The number of halogens is 4. The topological polar surface area (TPSA) is 63.3 Å². The van der Waals surface area contributed by atoms with Crippen LogP contribution in [0.1, 0.15) is 0 Å². The zero-order valence-corrected chi connectivity index (χ0v) is 17.2. The van der Waals surface area contributed by atoms with Gasteiger partial charge in [-0.2, -0.15) is 13.2 Å². The monoisotopic (exact) mass is 457 g/mol. The average Bonchev–Trinajstić information content (AvgIpc) is 3.12. The Morgan fingerprint density at radius 1 is 1.06 bits per heavy atom. The maximum Gasteiger partial charge on any atom is 0.492 e. The SMILES string of the molecule is COc1ccc(N2CCN(C(=O)N[C@]3(C(F)(F)F)Oc4ccc(Cl)cc4O3)CC2)cc1. The summed E-state index contributed by atoms with van der Waals surface area (Å²) < 4.78 is 56.6. The normalized spacial score (nSPS) is 20.5. The third-order valence-electron chi connectivity index (χ3n) is 5.06. The van der Waals surface area contributed by atoms with E-state index in [-0.39, 0.29) is 29.6 Å². The summed E-state index contributed by atoms with van der Waals surface area (Å²) in [5, 5.41) is 2.06. The third kappa shape index (κ3) is 4.12. The first-order valence-electron chi connectivity index (χ1n) is 9.41. The number of alkyl halides is 3. The molecule has 1 fully saturated rings. The van der Waals surface area contributed by atoms with Gasteiger partial charge in [0.05, 0.1) is 7.11 Å². The van der Waals surface area contributed by atoms with Gasteiger partial charge in [0.2, 0.25) is 0 Å². The molecule has 2 heterocycles. The number of hydrogen-bond donors (Lipinski definition) is 1. The van der Waals surface area contributed by atoms with Gasteiger partial charge in [0.25, 0.3) is 0 Å². The van der Waals surface area contributed by atoms with E-state index in [1.165, 1.54) is 23.1 Å². The molecule has 0 aromatic heterocycles. The second-order valence-corrected chi connectivity index (χ2v) is 7.45. The first-order valence-corrected chi connectivity index (χ1v) is 9.79. The van der Waals surface area contributed by atoms with Gasteiger partial charge in [0, 0.05) is 43.0 Å². The van der Waals surface area contributed by atoms with E-state index in [9.17, 15) is 18.0 Å².